The van der Waals surface area contributed by atoms with Gasteiger partial charge in [0.15, 0.2) is 0 Å². The van der Waals surface area contributed by atoms with E-state index in [0.717, 1.165) is 12.0 Å². The Labute approximate surface area is 109 Å². The molecule has 0 aliphatic heterocycles. The fraction of sp³-hybridized carbons (Fsp3) is 0.533. The zero-order chi connectivity index (χ0) is 13.4. The van der Waals surface area contributed by atoms with Crippen molar-refractivity contribution in [3.05, 3.63) is 35.9 Å². The molecule has 1 aromatic carbocycles. The first-order valence-electron chi connectivity index (χ1n) is 6.48. The van der Waals surface area contributed by atoms with Gasteiger partial charge in [-0.15, -0.1) is 0 Å². The highest BCUT2D eigenvalue weighted by Gasteiger charge is 2.19. The summed E-state index contributed by atoms with van der Waals surface area (Å²) < 4.78 is 10.6. The fourth-order valence-corrected chi connectivity index (χ4v) is 1.75. The summed E-state index contributed by atoms with van der Waals surface area (Å²) in [5.74, 6) is -0.346. The molecule has 3 heteroatoms. The maximum Gasteiger partial charge on any atom is 0.313 e. The molecule has 1 atom stereocenters. The molecular weight excluding hydrogens is 228 g/mol. The quantitative estimate of drug-likeness (QED) is 0.551. The molecule has 0 aliphatic rings. The zero-order valence-electron chi connectivity index (χ0n) is 11.4. The topological polar surface area (TPSA) is 35.5 Å². The average molecular weight is 250 g/mol. The molecule has 1 unspecified atom stereocenters. The number of carbonyl (C=O) groups is 1. The number of rotatable bonds is 7. The van der Waals surface area contributed by atoms with Crippen molar-refractivity contribution in [3.63, 3.8) is 0 Å². The van der Waals surface area contributed by atoms with Crippen LogP contribution < -0.4 is 0 Å². The van der Waals surface area contributed by atoms with E-state index in [4.69, 9.17) is 9.47 Å². The van der Waals surface area contributed by atoms with Crippen LogP contribution in [0.15, 0.2) is 30.3 Å². The second-order valence-corrected chi connectivity index (χ2v) is 4.46. The number of benzene rings is 1. The Hall–Kier alpha value is -1.35. The van der Waals surface area contributed by atoms with Gasteiger partial charge in [0.05, 0.1) is 18.6 Å². The van der Waals surface area contributed by atoms with Crippen LogP contribution in [0.25, 0.3) is 0 Å². The summed E-state index contributed by atoms with van der Waals surface area (Å²) in [6, 6.07) is 9.73. The van der Waals surface area contributed by atoms with Crippen molar-refractivity contribution in [2.24, 2.45) is 0 Å². The first-order chi connectivity index (χ1) is 8.65. The summed E-state index contributed by atoms with van der Waals surface area (Å²) in [6.07, 6.45) is 0.910. The highest BCUT2D eigenvalue weighted by molar-refractivity contribution is 5.78. The third-order valence-corrected chi connectivity index (χ3v) is 2.67. The van der Waals surface area contributed by atoms with Gasteiger partial charge in [-0.1, -0.05) is 37.3 Å². The molecule has 0 bridgehead atoms. The standard InChI is InChI=1S/C15H22O3/c1-4-14(13-8-6-5-7-9-13)15(16)18-11-10-17-12(2)3/h5-9,12,14H,4,10-11H2,1-3H3. The van der Waals surface area contributed by atoms with Crippen molar-refractivity contribution in [2.75, 3.05) is 13.2 Å². The van der Waals surface area contributed by atoms with E-state index in [0.29, 0.717) is 13.2 Å². The molecule has 1 aromatic rings. The van der Waals surface area contributed by atoms with Crippen molar-refractivity contribution in [1.29, 1.82) is 0 Å². The molecule has 0 heterocycles. The van der Waals surface area contributed by atoms with E-state index in [9.17, 15) is 4.79 Å². The first kappa shape index (κ1) is 14.7. The molecule has 0 radical (unpaired) electrons. The first-order valence-corrected chi connectivity index (χ1v) is 6.48. The third-order valence-electron chi connectivity index (χ3n) is 2.67. The molecule has 0 fully saturated rings. The van der Waals surface area contributed by atoms with E-state index in [1.54, 1.807) is 0 Å². The lowest BCUT2D eigenvalue weighted by atomic mass is 9.97. The molecule has 100 valence electrons. The molecule has 0 saturated heterocycles. The monoisotopic (exact) mass is 250 g/mol. The van der Waals surface area contributed by atoms with E-state index in [2.05, 4.69) is 0 Å². The van der Waals surface area contributed by atoms with Gasteiger partial charge in [-0.25, -0.2) is 0 Å². The Morgan fingerprint density at radius 1 is 1.17 bits per heavy atom. The summed E-state index contributed by atoms with van der Waals surface area (Å²) in [6.45, 7) is 6.68. The Kier molecular flexibility index (Phi) is 6.44. The van der Waals surface area contributed by atoms with Gasteiger partial charge < -0.3 is 9.47 Å². The maximum absolute atomic E-state index is 11.9. The lowest BCUT2D eigenvalue weighted by molar-refractivity contribution is -0.147. The molecule has 1 rings (SSSR count). The minimum absolute atomic E-state index is 0.166. The maximum atomic E-state index is 11.9. The normalized spacial score (nSPS) is 12.4. The number of carbonyl (C=O) groups excluding carboxylic acids is 1. The fourth-order valence-electron chi connectivity index (χ4n) is 1.75. The van der Waals surface area contributed by atoms with E-state index < -0.39 is 0 Å². The molecule has 18 heavy (non-hydrogen) atoms. The Morgan fingerprint density at radius 2 is 1.83 bits per heavy atom. The van der Waals surface area contributed by atoms with Gasteiger partial charge in [0, 0.05) is 0 Å². The van der Waals surface area contributed by atoms with Crippen molar-refractivity contribution in [2.45, 2.75) is 39.2 Å². The van der Waals surface area contributed by atoms with E-state index in [-0.39, 0.29) is 18.0 Å². The summed E-state index contributed by atoms with van der Waals surface area (Å²) in [7, 11) is 0. The van der Waals surface area contributed by atoms with Crippen molar-refractivity contribution in [3.8, 4) is 0 Å². The average Bonchev–Trinajstić information content (AvgIpc) is 2.36. The number of hydrogen-bond acceptors (Lipinski definition) is 3. The Bertz CT molecular complexity index is 346. The number of ether oxygens (including phenoxy) is 2. The summed E-state index contributed by atoms with van der Waals surface area (Å²) >= 11 is 0. The van der Waals surface area contributed by atoms with Crippen LogP contribution in [-0.4, -0.2) is 25.3 Å². The van der Waals surface area contributed by atoms with Crippen molar-refractivity contribution >= 4 is 5.97 Å². The van der Waals surface area contributed by atoms with Gasteiger partial charge in [-0.2, -0.15) is 0 Å². The van der Waals surface area contributed by atoms with Gasteiger partial charge in [0.1, 0.15) is 6.61 Å². The minimum Gasteiger partial charge on any atom is -0.463 e. The number of esters is 1. The molecule has 0 amide bonds. The Morgan fingerprint density at radius 3 is 2.39 bits per heavy atom. The Balaban J connectivity index is 2.43. The van der Waals surface area contributed by atoms with Crippen LogP contribution in [0, 0.1) is 0 Å². The molecular formula is C15H22O3. The van der Waals surface area contributed by atoms with Gasteiger partial charge in [-0.3, -0.25) is 4.79 Å². The second-order valence-electron chi connectivity index (χ2n) is 4.46. The molecule has 3 nitrogen and oxygen atoms in total. The van der Waals surface area contributed by atoms with Gasteiger partial charge in [0.2, 0.25) is 0 Å². The van der Waals surface area contributed by atoms with E-state index >= 15 is 0 Å². The largest absolute Gasteiger partial charge is 0.463 e. The van der Waals surface area contributed by atoms with Crippen LogP contribution in [0.1, 0.15) is 38.7 Å². The highest BCUT2D eigenvalue weighted by atomic mass is 16.6. The van der Waals surface area contributed by atoms with Crippen LogP contribution in [0.4, 0.5) is 0 Å². The predicted octanol–water partition coefficient (Wildman–Crippen LogP) is 3.15. The van der Waals surface area contributed by atoms with Gasteiger partial charge in [-0.05, 0) is 25.8 Å². The van der Waals surface area contributed by atoms with Crippen molar-refractivity contribution < 1.29 is 14.3 Å². The van der Waals surface area contributed by atoms with Crippen LogP contribution in [0.2, 0.25) is 0 Å². The summed E-state index contributed by atoms with van der Waals surface area (Å²) in [5.41, 5.74) is 1.01. The van der Waals surface area contributed by atoms with E-state index in [1.165, 1.54) is 0 Å². The van der Waals surface area contributed by atoms with Crippen LogP contribution in [0.5, 0.6) is 0 Å². The zero-order valence-corrected chi connectivity index (χ0v) is 11.4. The third kappa shape index (κ3) is 4.88. The summed E-state index contributed by atoms with van der Waals surface area (Å²) in [4.78, 5) is 11.9. The molecule has 0 aliphatic carbocycles. The second kappa shape index (κ2) is 7.88. The van der Waals surface area contributed by atoms with Crippen molar-refractivity contribution in [1.82, 2.24) is 0 Å². The van der Waals surface area contributed by atoms with Gasteiger partial charge >= 0.3 is 5.97 Å². The molecule has 0 saturated carbocycles. The molecule has 0 aromatic heterocycles. The van der Waals surface area contributed by atoms with Crippen LogP contribution in [-0.2, 0) is 14.3 Å². The molecule has 0 spiro atoms. The van der Waals surface area contributed by atoms with Crippen LogP contribution in [0.3, 0.4) is 0 Å². The minimum atomic E-state index is -0.176. The van der Waals surface area contributed by atoms with Crippen LogP contribution >= 0.6 is 0 Å². The smallest absolute Gasteiger partial charge is 0.313 e. The number of hydrogen-bond donors (Lipinski definition) is 0. The summed E-state index contributed by atoms with van der Waals surface area (Å²) in [5, 5.41) is 0. The highest BCUT2D eigenvalue weighted by Crippen LogP contribution is 2.20. The lowest BCUT2D eigenvalue weighted by Crippen LogP contribution is -2.19. The predicted molar refractivity (Wildman–Crippen MR) is 71.5 cm³/mol. The van der Waals surface area contributed by atoms with E-state index in [1.807, 2.05) is 51.1 Å². The molecule has 0 N–H and O–H groups in total. The van der Waals surface area contributed by atoms with Gasteiger partial charge in [0.25, 0.3) is 0 Å². The SMILES string of the molecule is CCC(C(=O)OCCOC(C)C)c1ccccc1. The lowest BCUT2D eigenvalue weighted by Gasteiger charge is -2.15.